The molecule has 0 saturated heterocycles. The smallest absolute Gasteiger partial charge is 0.0705 e. The third-order valence-corrected chi connectivity index (χ3v) is 4.35. The van der Waals surface area contributed by atoms with Crippen molar-refractivity contribution in [2.24, 2.45) is 0 Å². The molecule has 0 heterocycles. The molecular formula is C15H11Cl. The van der Waals surface area contributed by atoms with E-state index in [2.05, 4.69) is 48.6 Å². The first-order valence-electron chi connectivity index (χ1n) is 5.67. The van der Waals surface area contributed by atoms with E-state index in [0.29, 0.717) is 5.92 Å². The molecule has 78 valence electrons. The summed E-state index contributed by atoms with van der Waals surface area (Å²) in [5.74, 6) is 0.541. The summed E-state index contributed by atoms with van der Waals surface area (Å²) in [6, 6.07) is 13.1. The number of hydrogen-bond donors (Lipinski definition) is 0. The van der Waals surface area contributed by atoms with Gasteiger partial charge in [0, 0.05) is 5.92 Å². The van der Waals surface area contributed by atoms with Gasteiger partial charge in [-0.25, -0.2) is 0 Å². The van der Waals surface area contributed by atoms with E-state index >= 15 is 0 Å². The molecule has 0 bridgehead atoms. The molecule has 16 heavy (non-hydrogen) atoms. The number of halogens is 1. The van der Waals surface area contributed by atoms with Gasteiger partial charge in [0.15, 0.2) is 0 Å². The number of rotatable bonds is 0. The molecule has 0 N–H and O–H groups in total. The first kappa shape index (κ1) is 8.83. The SMILES string of the molecule is ClC12C=Cc3cc4ccccc4cc3C1C2. The molecule has 2 aliphatic carbocycles. The summed E-state index contributed by atoms with van der Waals surface area (Å²) in [5.41, 5.74) is 2.77. The van der Waals surface area contributed by atoms with Crippen molar-refractivity contribution in [1.29, 1.82) is 0 Å². The minimum Gasteiger partial charge on any atom is -0.114 e. The fraction of sp³-hybridized carbons (Fsp3) is 0.200. The Hall–Kier alpha value is -1.27. The maximum absolute atomic E-state index is 6.44. The second-order valence-corrected chi connectivity index (χ2v) is 5.55. The third-order valence-electron chi connectivity index (χ3n) is 3.80. The summed E-state index contributed by atoms with van der Waals surface area (Å²) in [7, 11) is 0. The lowest BCUT2D eigenvalue weighted by Crippen LogP contribution is -2.02. The van der Waals surface area contributed by atoms with E-state index in [1.54, 1.807) is 0 Å². The predicted molar refractivity (Wildman–Crippen MR) is 68.9 cm³/mol. The fourth-order valence-electron chi connectivity index (χ4n) is 2.76. The highest BCUT2D eigenvalue weighted by atomic mass is 35.5. The van der Waals surface area contributed by atoms with E-state index < -0.39 is 0 Å². The molecule has 2 aromatic rings. The number of alkyl halides is 1. The highest BCUT2D eigenvalue weighted by Crippen LogP contribution is 2.60. The first-order valence-corrected chi connectivity index (χ1v) is 6.05. The molecule has 1 saturated carbocycles. The Morgan fingerprint density at radius 3 is 2.69 bits per heavy atom. The molecule has 0 spiro atoms. The normalized spacial score (nSPS) is 29.9. The lowest BCUT2D eigenvalue weighted by atomic mass is 9.93. The van der Waals surface area contributed by atoms with Crippen LogP contribution in [0.1, 0.15) is 23.5 Å². The summed E-state index contributed by atoms with van der Waals surface area (Å²) in [6.45, 7) is 0. The van der Waals surface area contributed by atoms with E-state index in [4.69, 9.17) is 11.6 Å². The Kier molecular flexibility index (Phi) is 1.49. The van der Waals surface area contributed by atoms with Gasteiger partial charge in [-0.1, -0.05) is 42.5 Å². The second-order valence-electron chi connectivity index (χ2n) is 4.85. The topological polar surface area (TPSA) is 0 Å². The fourth-order valence-corrected chi connectivity index (χ4v) is 3.09. The van der Waals surface area contributed by atoms with Gasteiger partial charge in [0.2, 0.25) is 0 Å². The quantitative estimate of drug-likeness (QED) is 0.587. The number of fused-ring (bicyclic) bond motifs is 4. The van der Waals surface area contributed by atoms with Crippen LogP contribution in [0.2, 0.25) is 0 Å². The molecule has 1 heteroatoms. The van der Waals surface area contributed by atoms with Crippen molar-refractivity contribution in [2.75, 3.05) is 0 Å². The average molecular weight is 227 g/mol. The van der Waals surface area contributed by atoms with Crippen molar-refractivity contribution < 1.29 is 0 Å². The minimum absolute atomic E-state index is 0.0601. The van der Waals surface area contributed by atoms with Crippen LogP contribution in [0.3, 0.4) is 0 Å². The molecule has 2 aromatic carbocycles. The molecule has 2 aliphatic rings. The summed E-state index contributed by atoms with van der Waals surface area (Å²) in [6.07, 6.45) is 5.44. The molecule has 0 amide bonds. The van der Waals surface area contributed by atoms with Gasteiger partial charge in [-0.05, 0) is 34.4 Å². The zero-order chi connectivity index (χ0) is 10.8. The summed E-state index contributed by atoms with van der Waals surface area (Å²) in [4.78, 5) is -0.0601. The molecule has 0 aliphatic heterocycles. The number of hydrogen-bond acceptors (Lipinski definition) is 0. The molecule has 0 nitrogen and oxygen atoms in total. The molecule has 1 fully saturated rings. The van der Waals surface area contributed by atoms with E-state index in [9.17, 15) is 0 Å². The summed E-state index contributed by atoms with van der Waals surface area (Å²) >= 11 is 6.44. The third kappa shape index (κ3) is 1.06. The predicted octanol–water partition coefficient (Wildman–Crippen LogP) is 4.33. The molecule has 4 rings (SSSR count). The lowest BCUT2D eigenvalue weighted by Gasteiger charge is -2.14. The number of benzene rings is 2. The monoisotopic (exact) mass is 226 g/mol. The molecule has 2 unspecified atom stereocenters. The summed E-state index contributed by atoms with van der Waals surface area (Å²) < 4.78 is 0. The first-order chi connectivity index (χ1) is 7.76. The van der Waals surface area contributed by atoms with Crippen molar-refractivity contribution in [3.05, 3.63) is 53.6 Å². The lowest BCUT2D eigenvalue weighted by molar-refractivity contribution is 1.03. The second kappa shape index (κ2) is 2.70. The highest BCUT2D eigenvalue weighted by molar-refractivity contribution is 6.29. The van der Waals surface area contributed by atoms with Gasteiger partial charge < -0.3 is 0 Å². The van der Waals surface area contributed by atoms with Crippen LogP contribution < -0.4 is 0 Å². The van der Waals surface area contributed by atoms with Crippen LogP contribution >= 0.6 is 11.6 Å². The zero-order valence-corrected chi connectivity index (χ0v) is 9.54. The van der Waals surface area contributed by atoms with Crippen molar-refractivity contribution >= 4 is 28.4 Å². The standard InChI is InChI=1S/C15H11Cl/c16-15-6-5-12-7-10-3-1-2-4-11(10)8-13(12)14(15)9-15/h1-8,14H,9H2. The van der Waals surface area contributed by atoms with E-state index in [1.807, 2.05) is 0 Å². The highest BCUT2D eigenvalue weighted by Gasteiger charge is 2.53. The van der Waals surface area contributed by atoms with Crippen molar-refractivity contribution in [3.63, 3.8) is 0 Å². The molecule has 0 radical (unpaired) electrons. The van der Waals surface area contributed by atoms with E-state index in [-0.39, 0.29) is 4.87 Å². The van der Waals surface area contributed by atoms with Crippen molar-refractivity contribution in [3.8, 4) is 0 Å². The van der Waals surface area contributed by atoms with Gasteiger partial charge in [-0.3, -0.25) is 0 Å². The van der Waals surface area contributed by atoms with Gasteiger partial charge in [0.25, 0.3) is 0 Å². The largest absolute Gasteiger partial charge is 0.114 e. The minimum atomic E-state index is -0.0601. The van der Waals surface area contributed by atoms with Crippen LogP contribution in [0.15, 0.2) is 42.5 Å². The van der Waals surface area contributed by atoms with Crippen molar-refractivity contribution in [2.45, 2.75) is 17.2 Å². The Bertz CT molecular complexity index is 626. The Morgan fingerprint density at radius 1 is 1.12 bits per heavy atom. The van der Waals surface area contributed by atoms with Crippen molar-refractivity contribution in [1.82, 2.24) is 0 Å². The molecule has 0 aromatic heterocycles. The van der Waals surface area contributed by atoms with Crippen LogP contribution in [0.25, 0.3) is 16.8 Å². The van der Waals surface area contributed by atoms with Crippen LogP contribution in [0.4, 0.5) is 0 Å². The van der Waals surface area contributed by atoms with Crippen LogP contribution in [0, 0.1) is 0 Å². The molecule has 2 atom stereocenters. The van der Waals surface area contributed by atoms with Crippen LogP contribution in [-0.2, 0) is 0 Å². The Morgan fingerprint density at radius 2 is 1.88 bits per heavy atom. The van der Waals surface area contributed by atoms with Gasteiger partial charge in [0.05, 0.1) is 4.87 Å². The molecular weight excluding hydrogens is 216 g/mol. The van der Waals surface area contributed by atoms with Gasteiger partial charge >= 0.3 is 0 Å². The van der Waals surface area contributed by atoms with E-state index in [1.165, 1.54) is 21.9 Å². The van der Waals surface area contributed by atoms with E-state index in [0.717, 1.165) is 6.42 Å². The zero-order valence-electron chi connectivity index (χ0n) is 8.78. The maximum Gasteiger partial charge on any atom is 0.0705 e. The average Bonchev–Trinajstić information content (AvgIpc) is 3.00. The Balaban J connectivity index is 2.03. The van der Waals surface area contributed by atoms with Gasteiger partial charge in [-0.2, -0.15) is 0 Å². The van der Waals surface area contributed by atoms with Gasteiger partial charge in [0.1, 0.15) is 0 Å². The van der Waals surface area contributed by atoms with Crippen LogP contribution in [-0.4, -0.2) is 4.87 Å². The van der Waals surface area contributed by atoms with Gasteiger partial charge in [-0.15, -0.1) is 11.6 Å². The maximum atomic E-state index is 6.44. The van der Waals surface area contributed by atoms with Crippen LogP contribution in [0.5, 0.6) is 0 Å². The number of allylic oxidation sites excluding steroid dienone is 1. The Labute approximate surface area is 99.5 Å². The summed E-state index contributed by atoms with van der Waals surface area (Å²) in [5, 5.41) is 2.64.